The van der Waals surface area contributed by atoms with Crippen LogP contribution in [0.3, 0.4) is 0 Å². The first kappa shape index (κ1) is 15.2. The Bertz CT molecular complexity index is 967. The van der Waals surface area contributed by atoms with Crippen LogP contribution in [0.4, 0.5) is 0 Å². The molecule has 4 rings (SSSR count). The van der Waals surface area contributed by atoms with Gasteiger partial charge in [-0.3, -0.25) is 4.79 Å². The van der Waals surface area contributed by atoms with Crippen molar-refractivity contribution in [3.8, 4) is 5.88 Å². The van der Waals surface area contributed by atoms with E-state index in [-0.39, 0.29) is 12.2 Å². The highest BCUT2D eigenvalue weighted by atomic mass is 32.1. The largest absolute Gasteiger partial charge is 0.466 e. The molecule has 0 atom stereocenters. The number of primary amides is 1. The fourth-order valence-corrected chi connectivity index (χ4v) is 3.88. The molecule has 124 valence electrons. The number of amides is 1. The van der Waals surface area contributed by atoms with Crippen LogP contribution in [0.25, 0.3) is 20.4 Å². The predicted octanol–water partition coefficient (Wildman–Crippen LogP) is 1.95. The second kappa shape index (κ2) is 5.35. The molecule has 4 heterocycles. The highest BCUT2D eigenvalue weighted by molar-refractivity contribution is 7.25. The Morgan fingerprint density at radius 2 is 2.29 bits per heavy atom. The fraction of sp³-hybridized carbons (Fsp3) is 0.375. The molecule has 0 saturated heterocycles. The summed E-state index contributed by atoms with van der Waals surface area (Å²) < 4.78 is 12.0. The van der Waals surface area contributed by atoms with E-state index >= 15 is 0 Å². The monoisotopic (exact) mass is 344 g/mol. The molecular weight excluding hydrogens is 328 g/mol. The van der Waals surface area contributed by atoms with Gasteiger partial charge >= 0.3 is 0 Å². The summed E-state index contributed by atoms with van der Waals surface area (Å²) in [6.45, 7) is 4.45. The van der Waals surface area contributed by atoms with Crippen molar-refractivity contribution in [1.82, 2.24) is 15.0 Å². The standard InChI is InChI=1S/C16H16N4O3S/c1-16(2)4-10-8(5-23-16)3-9-12-13(24-15(9)20-10)14(19-7-18-12)22-6-11(17)21/h3,7H,4-6H2,1-2H3,(H2,17,21). The third kappa shape index (κ3) is 2.57. The minimum atomic E-state index is -0.546. The average molecular weight is 344 g/mol. The molecule has 0 saturated carbocycles. The van der Waals surface area contributed by atoms with Crippen molar-refractivity contribution in [1.29, 1.82) is 0 Å². The molecule has 1 aliphatic heterocycles. The van der Waals surface area contributed by atoms with Crippen LogP contribution in [0.2, 0.25) is 0 Å². The van der Waals surface area contributed by atoms with E-state index in [0.29, 0.717) is 12.5 Å². The van der Waals surface area contributed by atoms with Gasteiger partial charge in [-0.05, 0) is 19.9 Å². The molecule has 0 fully saturated rings. The smallest absolute Gasteiger partial charge is 0.255 e. The minimum absolute atomic E-state index is 0.208. The Hall–Kier alpha value is -2.32. The first-order valence-corrected chi connectivity index (χ1v) is 8.36. The maximum atomic E-state index is 10.9. The molecule has 1 amide bonds. The lowest BCUT2D eigenvalue weighted by molar-refractivity contribution is -0.120. The molecule has 7 nitrogen and oxygen atoms in total. The molecule has 3 aromatic rings. The van der Waals surface area contributed by atoms with E-state index in [2.05, 4.69) is 29.9 Å². The van der Waals surface area contributed by atoms with E-state index in [4.69, 9.17) is 20.2 Å². The number of pyridine rings is 1. The van der Waals surface area contributed by atoms with E-state index in [1.807, 2.05) is 0 Å². The van der Waals surface area contributed by atoms with Gasteiger partial charge in [-0.1, -0.05) is 0 Å². The summed E-state index contributed by atoms with van der Waals surface area (Å²) in [6, 6.07) is 2.08. The van der Waals surface area contributed by atoms with Gasteiger partial charge in [0.05, 0.1) is 23.4 Å². The molecule has 0 aromatic carbocycles. The number of hydrogen-bond acceptors (Lipinski definition) is 7. The first-order valence-electron chi connectivity index (χ1n) is 7.54. The van der Waals surface area contributed by atoms with E-state index in [1.54, 1.807) is 0 Å². The Balaban J connectivity index is 1.86. The average Bonchev–Trinajstić information content (AvgIpc) is 2.88. The summed E-state index contributed by atoms with van der Waals surface area (Å²) >= 11 is 1.46. The maximum Gasteiger partial charge on any atom is 0.255 e. The van der Waals surface area contributed by atoms with Gasteiger partial charge in [0.1, 0.15) is 15.9 Å². The van der Waals surface area contributed by atoms with Gasteiger partial charge in [-0.25, -0.2) is 15.0 Å². The first-order chi connectivity index (χ1) is 11.4. The normalized spacial score (nSPS) is 16.2. The van der Waals surface area contributed by atoms with Crippen LogP contribution in [-0.4, -0.2) is 33.1 Å². The number of nitrogens with two attached hydrogens (primary N) is 1. The number of thiophene rings is 1. The second-order valence-electron chi connectivity index (χ2n) is 6.39. The number of rotatable bonds is 3. The van der Waals surface area contributed by atoms with Gasteiger partial charge < -0.3 is 15.2 Å². The third-order valence-corrected chi connectivity index (χ3v) is 5.02. The lowest BCUT2D eigenvalue weighted by Crippen LogP contribution is -2.32. The zero-order valence-corrected chi connectivity index (χ0v) is 14.1. The molecular formula is C16H16N4O3S. The summed E-state index contributed by atoms with van der Waals surface area (Å²) in [5.74, 6) is -0.188. The summed E-state index contributed by atoms with van der Waals surface area (Å²) in [5.41, 5.74) is 7.83. The van der Waals surface area contributed by atoms with Crippen LogP contribution in [0.5, 0.6) is 5.88 Å². The topological polar surface area (TPSA) is 100 Å². The highest BCUT2D eigenvalue weighted by Gasteiger charge is 2.28. The van der Waals surface area contributed by atoms with Crippen molar-refractivity contribution in [3.05, 3.63) is 23.7 Å². The number of hydrogen-bond donors (Lipinski definition) is 1. The molecule has 0 bridgehead atoms. The van der Waals surface area contributed by atoms with E-state index in [9.17, 15) is 4.79 Å². The third-order valence-electron chi connectivity index (χ3n) is 3.94. The quantitative estimate of drug-likeness (QED) is 0.779. The van der Waals surface area contributed by atoms with Gasteiger partial charge in [0.2, 0.25) is 5.88 Å². The lowest BCUT2D eigenvalue weighted by Gasteiger charge is -2.30. The molecule has 0 spiro atoms. The number of aromatic nitrogens is 3. The Labute approximate surface area is 141 Å². The molecule has 0 aliphatic carbocycles. The van der Waals surface area contributed by atoms with E-state index in [1.165, 1.54) is 17.7 Å². The van der Waals surface area contributed by atoms with E-state index < -0.39 is 5.91 Å². The van der Waals surface area contributed by atoms with Crippen LogP contribution in [0.15, 0.2) is 12.4 Å². The van der Waals surface area contributed by atoms with Gasteiger partial charge in [0, 0.05) is 17.4 Å². The number of carbonyl (C=O) groups excluding carboxylic acids is 1. The Kier molecular flexibility index (Phi) is 3.40. The SMILES string of the molecule is CC1(C)Cc2nc3sc4c(OCC(N)=O)ncnc4c3cc2CO1. The Morgan fingerprint density at radius 3 is 3.08 bits per heavy atom. The van der Waals surface area contributed by atoms with Gasteiger partial charge in [0.15, 0.2) is 6.61 Å². The van der Waals surface area contributed by atoms with Crippen LogP contribution in [-0.2, 0) is 22.6 Å². The zero-order chi connectivity index (χ0) is 16.9. The summed E-state index contributed by atoms with van der Waals surface area (Å²) in [5, 5.41) is 0.948. The molecule has 24 heavy (non-hydrogen) atoms. The van der Waals surface area contributed by atoms with Crippen molar-refractivity contribution in [2.24, 2.45) is 5.73 Å². The number of nitrogens with zero attached hydrogens (tertiary/aromatic N) is 3. The lowest BCUT2D eigenvalue weighted by atomic mass is 9.95. The molecule has 2 N–H and O–H groups in total. The van der Waals surface area contributed by atoms with Crippen LogP contribution in [0.1, 0.15) is 25.1 Å². The second-order valence-corrected chi connectivity index (χ2v) is 7.38. The fourth-order valence-electron chi connectivity index (χ4n) is 2.81. The van der Waals surface area contributed by atoms with Gasteiger partial charge in [-0.15, -0.1) is 11.3 Å². The summed E-state index contributed by atoms with van der Waals surface area (Å²) in [7, 11) is 0. The van der Waals surface area contributed by atoms with Crippen LogP contribution < -0.4 is 10.5 Å². The van der Waals surface area contributed by atoms with Crippen molar-refractivity contribution in [2.75, 3.05) is 6.61 Å². The van der Waals surface area contributed by atoms with Gasteiger partial charge in [0.25, 0.3) is 5.91 Å². The van der Waals surface area contributed by atoms with Crippen LogP contribution >= 0.6 is 11.3 Å². The summed E-state index contributed by atoms with van der Waals surface area (Å²) in [6.07, 6.45) is 2.19. The molecule has 0 radical (unpaired) electrons. The van der Waals surface area contributed by atoms with Crippen molar-refractivity contribution < 1.29 is 14.3 Å². The number of carbonyl (C=O) groups is 1. The van der Waals surface area contributed by atoms with Crippen molar-refractivity contribution >= 4 is 37.7 Å². The van der Waals surface area contributed by atoms with E-state index in [0.717, 1.165) is 38.1 Å². The molecule has 0 unspecified atom stereocenters. The van der Waals surface area contributed by atoms with Crippen molar-refractivity contribution in [3.63, 3.8) is 0 Å². The number of fused-ring (bicyclic) bond motifs is 4. The molecule has 1 aliphatic rings. The highest BCUT2D eigenvalue weighted by Crippen LogP contribution is 2.38. The zero-order valence-electron chi connectivity index (χ0n) is 13.3. The van der Waals surface area contributed by atoms with Crippen LogP contribution in [0, 0.1) is 0 Å². The predicted molar refractivity (Wildman–Crippen MR) is 90.0 cm³/mol. The molecule has 3 aromatic heterocycles. The number of ether oxygens (including phenoxy) is 2. The molecule has 8 heteroatoms. The Morgan fingerprint density at radius 1 is 1.46 bits per heavy atom. The summed E-state index contributed by atoms with van der Waals surface area (Å²) in [4.78, 5) is 25.1. The van der Waals surface area contributed by atoms with Gasteiger partial charge in [-0.2, -0.15) is 0 Å². The maximum absolute atomic E-state index is 10.9. The minimum Gasteiger partial charge on any atom is -0.466 e. The van der Waals surface area contributed by atoms with Crippen molar-refractivity contribution in [2.45, 2.75) is 32.5 Å².